The number of carbonyl (C=O) groups is 1. The summed E-state index contributed by atoms with van der Waals surface area (Å²) in [6, 6.07) is 9.94. The number of nitrogens with zero attached hydrogens (tertiary/aromatic N) is 2. The second-order valence-electron chi connectivity index (χ2n) is 6.36. The lowest BCUT2D eigenvalue weighted by Gasteiger charge is -2.36. The smallest absolute Gasteiger partial charge is 0.230 e. The average molecular weight is 311 g/mol. The molecule has 2 aliphatic heterocycles. The number of para-hydroxylation sites is 1. The van der Waals surface area contributed by atoms with Gasteiger partial charge < -0.3 is 9.64 Å². The summed E-state index contributed by atoms with van der Waals surface area (Å²) in [4.78, 5) is 15.1. The molecule has 5 heteroatoms. The standard InChI is InChI=1S/C18H21N3O2/c22-18(15-8-11-23-17-6-2-1-5-14(15)17)21-10-3-4-13(12-21)16-7-9-19-20-16/h1-2,5-7,9,13,15H,3-4,8,10-12H2,(H,19,20)/t13-,15+/m1/s1. The van der Waals surface area contributed by atoms with Crippen molar-refractivity contribution >= 4 is 5.91 Å². The molecule has 23 heavy (non-hydrogen) atoms. The first-order valence-electron chi connectivity index (χ1n) is 8.32. The predicted molar refractivity (Wildman–Crippen MR) is 86.4 cm³/mol. The largest absolute Gasteiger partial charge is 0.493 e. The second kappa shape index (κ2) is 6.07. The normalized spacial score (nSPS) is 23.9. The van der Waals surface area contributed by atoms with E-state index >= 15 is 0 Å². The SMILES string of the molecule is O=C([C@H]1CCOc2ccccc21)N1CCC[C@@H](c2ccn[nH]2)C1. The number of nitrogens with one attached hydrogen (secondary N) is 1. The predicted octanol–water partition coefficient (Wildman–Crippen LogP) is 2.68. The topological polar surface area (TPSA) is 58.2 Å². The summed E-state index contributed by atoms with van der Waals surface area (Å²) in [6.07, 6.45) is 4.70. The van der Waals surface area contributed by atoms with Crippen molar-refractivity contribution in [3.8, 4) is 5.75 Å². The Balaban J connectivity index is 1.53. The van der Waals surface area contributed by atoms with Crippen molar-refractivity contribution in [2.75, 3.05) is 19.7 Å². The first kappa shape index (κ1) is 14.3. The molecule has 1 saturated heterocycles. The minimum atomic E-state index is -0.0690. The van der Waals surface area contributed by atoms with Crippen LogP contribution in [-0.2, 0) is 4.79 Å². The summed E-state index contributed by atoms with van der Waals surface area (Å²) in [5, 5.41) is 7.10. The molecule has 0 spiro atoms. The number of ether oxygens (including phenoxy) is 1. The van der Waals surface area contributed by atoms with Crippen molar-refractivity contribution in [1.29, 1.82) is 0 Å². The van der Waals surface area contributed by atoms with Gasteiger partial charge in [0.2, 0.25) is 5.91 Å². The lowest BCUT2D eigenvalue weighted by atomic mass is 9.89. The monoisotopic (exact) mass is 311 g/mol. The van der Waals surface area contributed by atoms with E-state index in [4.69, 9.17) is 4.74 Å². The van der Waals surface area contributed by atoms with Crippen LogP contribution >= 0.6 is 0 Å². The minimum absolute atomic E-state index is 0.0690. The summed E-state index contributed by atoms with van der Waals surface area (Å²) in [5.74, 6) is 1.40. The highest BCUT2D eigenvalue weighted by Gasteiger charge is 2.33. The number of carbonyl (C=O) groups excluding carboxylic acids is 1. The fourth-order valence-corrected chi connectivity index (χ4v) is 3.74. The van der Waals surface area contributed by atoms with Crippen LogP contribution in [0.2, 0.25) is 0 Å². The van der Waals surface area contributed by atoms with Crippen LogP contribution in [0.5, 0.6) is 5.75 Å². The zero-order chi connectivity index (χ0) is 15.6. The Hall–Kier alpha value is -2.30. The summed E-state index contributed by atoms with van der Waals surface area (Å²) in [7, 11) is 0. The molecule has 4 rings (SSSR count). The third-order valence-electron chi connectivity index (χ3n) is 4.95. The van der Waals surface area contributed by atoms with E-state index in [0.29, 0.717) is 12.5 Å². The molecule has 2 atom stereocenters. The number of H-pyrrole nitrogens is 1. The zero-order valence-corrected chi connectivity index (χ0v) is 13.1. The average Bonchev–Trinajstić information content (AvgIpc) is 3.15. The van der Waals surface area contributed by atoms with Crippen molar-refractivity contribution in [3.05, 3.63) is 47.8 Å². The minimum Gasteiger partial charge on any atom is -0.493 e. The van der Waals surface area contributed by atoms with E-state index in [1.165, 1.54) is 0 Å². The summed E-state index contributed by atoms with van der Waals surface area (Å²) in [5.41, 5.74) is 2.17. The van der Waals surface area contributed by atoms with Crippen LogP contribution in [0.15, 0.2) is 36.5 Å². The van der Waals surface area contributed by atoms with Gasteiger partial charge >= 0.3 is 0 Å². The van der Waals surface area contributed by atoms with Crippen LogP contribution in [-0.4, -0.2) is 40.7 Å². The lowest BCUT2D eigenvalue weighted by molar-refractivity contribution is -0.134. The molecule has 1 N–H and O–H groups in total. The molecular weight excluding hydrogens is 290 g/mol. The zero-order valence-electron chi connectivity index (χ0n) is 13.1. The van der Waals surface area contributed by atoms with Crippen LogP contribution in [0.1, 0.15) is 42.4 Å². The summed E-state index contributed by atoms with van der Waals surface area (Å²) in [6.45, 7) is 2.24. The molecule has 120 valence electrons. The Morgan fingerprint density at radius 3 is 3.04 bits per heavy atom. The number of likely N-dealkylation sites (tertiary alicyclic amines) is 1. The van der Waals surface area contributed by atoms with Gasteiger partial charge in [0.1, 0.15) is 5.75 Å². The third kappa shape index (κ3) is 2.71. The Kier molecular flexibility index (Phi) is 3.77. The maximum atomic E-state index is 13.1. The molecule has 0 radical (unpaired) electrons. The van der Waals surface area contributed by atoms with Gasteiger partial charge in [-0.25, -0.2) is 0 Å². The molecule has 0 aliphatic carbocycles. The number of aromatic nitrogens is 2. The fraction of sp³-hybridized carbons (Fsp3) is 0.444. The van der Waals surface area contributed by atoms with Crippen LogP contribution in [0, 0.1) is 0 Å². The van der Waals surface area contributed by atoms with Gasteiger partial charge in [-0.05, 0) is 31.4 Å². The molecule has 1 fully saturated rings. The molecule has 1 amide bonds. The van der Waals surface area contributed by atoms with Gasteiger partial charge in [-0.1, -0.05) is 18.2 Å². The highest BCUT2D eigenvalue weighted by Crippen LogP contribution is 2.36. The van der Waals surface area contributed by atoms with Crippen molar-refractivity contribution in [3.63, 3.8) is 0 Å². The third-order valence-corrected chi connectivity index (χ3v) is 4.95. The van der Waals surface area contributed by atoms with Crippen molar-refractivity contribution in [2.45, 2.75) is 31.1 Å². The Bertz CT molecular complexity index is 683. The molecule has 1 aromatic carbocycles. The number of hydrogen-bond donors (Lipinski definition) is 1. The number of rotatable bonds is 2. The van der Waals surface area contributed by atoms with Gasteiger partial charge in [0, 0.05) is 36.5 Å². The summed E-state index contributed by atoms with van der Waals surface area (Å²) >= 11 is 0. The van der Waals surface area contributed by atoms with E-state index in [2.05, 4.69) is 10.2 Å². The number of fused-ring (bicyclic) bond motifs is 1. The van der Waals surface area contributed by atoms with Gasteiger partial charge in [-0.15, -0.1) is 0 Å². The van der Waals surface area contributed by atoms with Gasteiger partial charge in [0.15, 0.2) is 0 Å². The maximum absolute atomic E-state index is 13.1. The van der Waals surface area contributed by atoms with Crippen LogP contribution in [0.3, 0.4) is 0 Å². The van der Waals surface area contributed by atoms with Crippen molar-refractivity contribution in [1.82, 2.24) is 15.1 Å². The number of amides is 1. The number of hydrogen-bond acceptors (Lipinski definition) is 3. The van der Waals surface area contributed by atoms with Gasteiger partial charge in [-0.2, -0.15) is 5.10 Å². The van der Waals surface area contributed by atoms with Gasteiger partial charge in [0.05, 0.1) is 12.5 Å². The lowest BCUT2D eigenvalue weighted by Crippen LogP contribution is -2.42. The molecule has 0 bridgehead atoms. The number of piperidine rings is 1. The van der Waals surface area contributed by atoms with Gasteiger partial charge in [0.25, 0.3) is 0 Å². The fourth-order valence-electron chi connectivity index (χ4n) is 3.74. The maximum Gasteiger partial charge on any atom is 0.230 e. The molecular formula is C18H21N3O2. The molecule has 0 unspecified atom stereocenters. The summed E-state index contributed by atoms with van der Waals surface area (Å²) < 4.78 is 5.69. The molecule has 0 saturated carbocycles. The van der Waals surface area contributed by atoms with E-state index in [1.807, 2.05) is 35.2 Å². The Morgan fingerprint density at radius 2 is 2.17 bits per heavy atom. The number of benzene rings is 1. The van der Waals surface area contributed by atoms with Crippen LogP contribution in [0.25, 0.3) is 0 Å². The quantitative estimate of drug-likeness (QED) is 0.927. The Morgan fingerprint density at radius 1 is 1.26 bits per heavy atom. The van der Waals surface area contributed by atoms with E-state index in [0.717, 1.165) is 49.4 Å². The molecule has 2 aromatic rings. The van der Waals surface area contributed by atoms with E-state index < -0.39 is 0 Å². The molecule has 2 aliphatic rings. The highest BCUT2D eigenvalue weighted by molar-refractivity contribution is 5.85. The first-order chi connectivity index (χ1) is 11.3. The van der Waals surface area contributed by atoms with E-state index in [-0.39, 0.29) is 11.8 Å². The second-order valence-corrected chi connectivity index (χ2v) is 6.36. The highest BCUT2D eigenvalue weighted by atomic mass is 16.5. The molecule has 5 nitrogen and oxygen atoms in total. The first-order valence-corrected chi connectivity index (χ1v) is 8.32. The Labute approximate surface area is 135 Å². The van der Waals surface area contributed by atoms with Gasteiger partial charge in [-0.3, -0.25) is 9.89 Å². The number of aromatic amines is 1. The molecule has 3 heterocycles. The van der Waals surface area contributed by atoms with Crippen molar-refractivity contribution < 1.29 is 9.53 Å². The molecule has 1 aromatic heterocycles. The van der Waals surface area contributed by atoms with E-state index in [1.54, 1.807) is 6.20 Å². The van der Waals surface area contributed by atoms with Crippen molar-refractivity contribution in [2.24, 2.45) is 0 Å². The van der Waals surface area contributed by atoms with Crippen LogP contribution in [0.4, 0.5) is 0 Å². The van der Waals surface area contributed by atoms with E-state index in [9.17, 15) is 4.79 Å². The van der Waals surface area contributed by atoms with Crippen LogP contribution < -0.4 is 4.74 Å².